The molecule has 1 fully saturated rings. The summed E-state index contributed by atoms with van der Waals surface area (Å²) in [6, 6.07) is 5.09. The van der Waals surface area contributed by atoms with Crippen LogP contribution in [-0.2, 0) is 6.54 Å². The number of nitrogens with zero attached hydrogens (tertiary/aromatic N) is 2. The van der Waals surface area contributed by atoms with E-state index in [9.17, 15) is 10.1 Å². The van der Waals surface area contributed by atoms with E-state index in [1.807, 2.05) is 17.8 Å². The minimum atomic E-state index is -0.420. The summed E-state index contributed by atoms with van der Waals surface area (Å²) in [4.78, 5) is 12.8. The fourth-order valence-corrected chi connectivity index (χ4v) is 3.90. The van der Waals surface area contributed by atoms with Crippen LogP contribution in [0, 0.1) is 10.1 Å². The summed E-state index contributed by atoms with van der Waals surface area (Å²) in [5.74, 6) is 0. The molecule has 0 aliphatic carbocycles. The van der Waals surface area contributed by atoms with E-state index in [0.717, 1.165) is 25.2 Å². The predicted molar refractivity (Wildman–Crippen MR) is 79.3 cm³/mol. The van der Waals surface area contributed by atoms with Crippen LogP contribution >= 0.6 is 11.8 Å². The topological polar surface area (TPSA) is 72.4 Å². The molecule has 0 spiro atoms. The van der Waals surface area contributed by atoms with Crippen molar-refractivity contribution >= 4 is 23.1 Å². The normalized spacial score (nSPS) is 24.3. The molecule has 6 heteroatoms. The van der Waals surface area contributed by atoms with Gasteiger partial charge in [0.2, 0.25) is 0 Å². The zero-order valence-electron chi connectivity index (χ0n) is 11.2. The van der Waals surface area contributed by atoms with Gasteiger partial charge in [0, 0.05) is 36.2 Å². The van der Waals surface area contributed by atoms with Crippen LogP contribution in [0.5, 0.6) is 0 Å². The van der Waals surface area contributed by atoms with Crippen molar-refractivity contribution in [3.63, 3.8) is 0 Å². The lowest BCUT2D eigenvalue weighted by Crippen LogP contribution is -2.39. The fourth-order valence-electron chi connectivity index (χ4n) is 2.52. The van der Waals surface area contributed by atoms with E-state index in [-0.39, 0.29) is 11.4 Å². The molecule has 1 aromatic rings. The standard InChI is InChI=1S/C13H19N3O2S/c1-9-6-15(7-10(2)19-9)8-11-3-4-12(14)13(5-11)16(17)18/h3-5,9-10H,6-8,14H2,1-2H3. The third kappa shape index (κ3) is 3.61. The maximum absolute atomic E-state index is 10.9. The first kappa shape index (κ1) is 14.1. The van der Waals surface area contributed by atoms with Crippen molar-refractivity contribution in [3.05, 3.63) is 33.9 Å². The van der Waals surface area contributed by atoms with E-state index < -0.39 is 4.92 Å². The molecular formula is C13H19N3O2S. The molecule has 0 aromatic heterocycles. The van der Waals surface area contributed by atoms with Crippen LogP contribution < -0.4 is 5.73 Å². The van der Waals surface area contributed by atoms with E-state index in [1.165, 1.54) is 0 Å². The summed E-state index contributed by atoms with van der Waals surface area (Å²) >= 11 is 2.00. The van der Waals surface area contributed by atoms with Crippen molar-refractivity contribution in [2.24, 2.45) is 0 Å². The molecule has 2 atom stereocenters. The van der Waals surface area contributed by atoms with Crippen LogP contribution in [0.2, 0.25) is 0 Å². The number of hydrogen-bond acceptors (Lipinski definition) is 5. The van der Waals surface area contributed by atoms with Crippen molar-refractivity contribution in [3.8, 4) is 0 Å². The molecule has 0 bridgehead atoms. The van der Waals surface area contributed by atoms with Crippen molar-refractivity contribution < 1.29 is 4.92 Å². The number of nitro benzene ring substituents is 1. The molecule has 19 heavy (non-hydrogen) atoms. The van der Waals surface area contributed by atoms with Gasteiger partial charge in [0.15, 0.2) is 0 Å². The van der Waals surface area contributed by atoms with Gasteiger partial charge in [-0.2, -0.15) is 11.8 Å². The van der Waals surface area contributed by atoms with Crippen LogP contribution in [0.3, 0.4) is 0 Å². The van der Waals surface area contributed by atoms with Gasteiger partial charge in [-0.15, -0.1) is 0 Å². The molecular weight excluding hydrogens is 262 g/mol. The Morgan fingerprint density at radius 2 is 2.05 bits per heavy atom. The molecule has 2 unspecified atom stereocenters. The zero-order chi connectivity index (χ0) is 14.0. The fraction of sp³-hybridized carbons (Fsp3) is 0.538. The van der Waals surface area contributed by atoms with Crippen LogP contribution in [0.4, 0.5) is 11.4 Å². The summed E-state index contributed by atoms with van der Waals surface area (Å²) in [7, 11) is 0. The van der Waals surface area contributed by atoms with E-state index in [4.69, 9.17) is 5.73 Å². The van der Waals surface area contributed by atoms with E-state index in [0.29, 0.717) is 10.5 Å². The molecule has 0 radical (unpaired) electrons. The van der Waals surface area contributed by atoms with Crippen molar-refractivity contribution in [1.29, 1.82) is 0 Å². The van der Waals surface area contributed by atoms with E-state index >= 15 is 0 Å². The minimum absolute atomic E-state index is 0.00461. The molecule has 1 heterocycles. The summed E-state index contributed by atoms with van der Waals surface area (Å²) in [6.07, 6.45) is 0. The highest BCUT2D eigenvalue weighted by atomic mass is 32.2. The third-order valence-corrected chi connectivity index (χ3v) is 4.42. The Labute approximate surface area is 117 Å². The second-order valence-corrected chi connectivity index (χ2v) is 6.98. The Morgan fingerprint density at radius 3 is 2.63 bits per heavy atom. The number of rotatable bonds is 3. The zero-order valence-corrected chi connectivity index (χ0v) is 12.0. The molecule has 104 valence electrons. The Bertz CT molecular complexity index is 471. The number of thioether (sulfide) groups is 1. The first-order chi connectivity index (χ1) is 8.95. The van der Waals surface area contributed by atoms with Gasteiger partial charge in [0.05, 0.1) is 4.92 Å². The molecule has 1 saturated heterocycles. The Hall–Kier alpha value is -1.27. The second-order valence-electron chi connectivity index (χ2n) is 5.10. The summed E-state index contributed by atoms with van der Waals surface area (Å²) in [5, 5.41) is 12.1. The molecule has 2 rings (SSSR count). The number of nitrogen functional groups attached to an aromatic ring is 1. The highest BCUT2D eigenvalue weighted by Crippen LogP contribution is 2.27. The van der Waals surface area contributed by atoms with Gasteiger partial charge in [0.1, 0.15) is 5.69 Å². The van der Waals surface area contributed by atoms with Crippen molar-refractivity contribution in [2.45, 2.75) is 30.9 Å². The van der Waals surface area contributed by atoms with Gasteiger partial charge in [-0.3, -0.25) is 15.0 Å². The summed E-state index contributed by atoms with van der Waals surface area (Å²) in [5.41, 5.74) is 6.79. The van der Waals surface area contributed by atoms with Crippen molar-refractivity contribution in [2.75, 3.05) is 18.8 Å². The predicted octanol–water partition coefficient (Wildman–Crippen LogP) is 2.50. The number of anilines is 1. The lowest BCUT2D eigenvalue weighted by molar-refractivity contribution is -0.384. The van der Waals surface area contributed by atoms with Gasteiger partial charge in [-0.05, 0) is 11.6 Å². The molecule has 0 amide bonds. The molecule has 5 nitrogen and oxygen atoms in total. The quantitative estimate of drug-likeness (QED) is 0.523. The molecule has 1 aromatic carbocycles. The lowest BCUT2D eigenvalue weighted by Gasteiger charge is -2.34. The Kier molecular flexibility index (Phi) is 4.31. The number of hydrogen-bond donors (Lipinski definition) is 1. The van der Waals surface area contributed by atoms with Crippen LogP contribution in [0.15, 0.2) is 18.2 Å². The third-order valence-electron chi connectivity index (χ3n) is 3.19. The minimum Gasteiger partial charge on any atom is -0.393 e. The monoisotopic (exact) mass is 281 g/mol. The van der Waals surface area contributed by atoms with Gasteiger partial charge in [-0.25, -0.2) is 0 Å². The highest BCUT2D eigenvalue weighted by Gasteiger charge is 2.22. The summed E-state index contributed by atoms with van der Waals surface area (Å²) in [6.45, 7) is 7.23. The van der Waals surface area contributed by atoms with E-state index in [2.05, 4.69) is 18.7 Å². The first-order valence-electron chi connectivity index (χ1n) is 6.36. The SMILES string of the molecule is CC1CN(Cc2ccc(N)c([N+](=O)[O-])c2)CC(C)S1. The molecule has 2 N–H and O–H groups in total. The van der Waals surface area contributed by atoms with Gasteiger partial charge in [-0.1, -0.05) is 19.9 Å². The first-order valence-corrected chi connectivity index (χ1v) is 7.30. The second kappa shape index (κ2) is 5.79. The molecule has 1 aliphatic rings. The average Bonchev–Trinajstić information content (AvgIpc) is 2.30. The van der Waals surface area contributed by atoms with Gasteiger partial charge < -0.3 is 5.73 Å². The molecule has 0 saturated carbocycles. The van der Waals surface area contributed by atoms with Crippen LogP contribution in [0.1, 0.15) is 19.4 Å². The Morgan fingerprint density at radius 1 is 1.42 bits per heavy atom. The summed E-state index contributed by atoms with van der Waals surface area (Å²) < 4.78 is 0. The van der Waals surface area contributed by atoms with Crippen LogP contribution in [0.25, 0.3) is 0 Å². The average molecular weight is 281 g/mol. The number of benzene rings is 1. The van der Waals surface area contributed by atoms with E-state index in [1.54, 1.807) is 12.1 Å². The highest BCUT2D eigenvalue weighted by molar-refractivity contribution is 8.00. The maximum atomic E-state index is 10.9. The van der Waals surface area contributed by atoms with Gasteiger partial charge >= 0.3 is 0 Å². The maximum Gasteiger partial charge on any atom is 0.292 e. The van der Waals surface area contributed by atoms with Gasteiger partial charge in [0.25, 0.3) is 5.69 Å². The van der Waals surface area contributed by atoms with Crippen molar-refractivity contribution in [1.82, 2.24) is 4.90 Å². The lowest BCUT2D eigenvalue weighted by atomic mass is 10.1. The largest absolute Gasteiger partial charge is 0.393 e. The number of nitrogens with two attached hydrogens (primary N) is 1. The Balaban J connectivity index is 2.10. The molecule has 1 aliphatic heterocycles. The number of nitro groups is 1. The smallest absolute Gasteiger partial charge is 0.292 e. The van der Waals surface area contributed by atoms with Crippen LogP contribution in [-0.4, -0.2) is 33.4 Å².